The van der Waals surface area contributed by atoms with Crippen LogP contribution in [0.4, 0.5) is 13.2 Å². The number of carboxylic acids is 1. The van der Waals surface area contributed by atoms with Gasteiger partial charge >= 0.3 is 12.1 Å². The SMILES string of the molecule is CC(=O)NCC(O)C(O)c1ccc(C(F)(F)F)cc1C(=O)O. The van der Waals surface area contributed by atoms with Crippen molar-refractivity contribution >= 4 is 11.9 Å². The number of aliphatic hydroxyl groups excluding tert-OH is 2. The van der Waals surface area contributed by atoms with Crippen LogP contribution in [0.15, 0.2) is 18.2 Å². The molecule has 0 saturated carbocycles. The first-order valence-corrected chi connectivity index (χ1v) is 6.09. The van der Waals surface area contributed by atoms with Crippen LogP contribution < -0.4 is 5.32 Å². The zero-order valence-corrected chi connectivity index (χ0v) is 11.4. The Morgan fingerprint density at radius 3 is 2.32 bits per heavy atom. The van der Waals surface area contributed by atoms with Crippen molar-refractivity contribution in [3.63, 3.8) is 0 Å². The number of hydrogen-bond acceptors (Lipinski definition) is 4. The van der Waals surface area contributed by atoms with Gasteiger partial charge in [0.25, 0.3) is 0 Å². The summed E-state index contributed by atoms with van der Waals surface area (Å²) >= 11 is 0. The number of aliphatic hydroxyl groups is 2. The van der Waals surface area contributed by atoms with Crippen molar-refractivity contribution in [2.24, 2.45) is 0 Å². The average Bonchev–Trinajstić information content (AvgIpc) is 2.42. The summed E-state index contributed by atoms with van der Waals surface area (Å²) in [6, 6.07) is 1.77. The smallest absolute Gasteiger partial charge is 0.416 e. The number of alkyl halides is 3. The molecule has 2 unspecified atom stereocenters. The zero-order valence-electron chi connectivity index (χ0n) is 11.4. The second-order valence-electron chi connectivity index (χ2n) is 4.55. The lowest BCUT2D eigenvalue weighted by Crippen LogP contribution is -2.34. The van der Waals surface area contributed by atoms with Crippen molar-refractivity contribution in [3.8, 4) is 0 Å². The van der Waals surface area contributed by atoms with Crippen LogP contribution in [0.3, 0.4) is 0 Å². The number of halogens is 3. The number of rotatable bonds is 5. The highest BCUT2D eigenvalue weighted by Gasteiger charge is 2.33. The van der Waals surface area contributed by atoms with Crippen LogP contribution in [0.1, 0.15) is 34.5 Å². The van der Waals surface area contributed by atoms with E-state index in [-0.39, 0.29) is 12.1 Å². The van der Waals surface area contributed by atoms with E-state index in [4.69, 9.17) is 5.11 Å². The summed E-state index contributed by atoms with van der Waals surface area (Å²) in [5.41, 5.74) is -2.33. The molecule has 122 valence electrons. The van der Waals surface area contributed by atoms with Crippen molar-refractivity contribution in [3.05, 3.63) is 34.9 Å². The van der Waals surface area contributed by atoms with Crippen molar-refractivity contribution in [2.45, 2.75) is 25.3 Å². The molecular weight excluding hydrogens is 307 g/mol. The Balaban J connectivity index is 3.12. The van der Waals surface area contributed by atoms with Gasteiger partial charge in [0.2, 0.25) is 5.91 Å². The first kappa shape index (κ1) is 17.9. The Labute approximate surface area is 123 Å². The molecule has 0 saturated heterocycles. The molecule has 1 rings (SSSR count). The van der Waals surface area contributed by atoms with Gasteiger partial charge in [-0.2, -0.15) is 13.2 Å². The molecule has 0 bridgehead atoms. The largest absolute Gasteiger partial charge is 0.478 e. The van der Waals surface area contributed by atoms with E-state index in [0.29, 0.717) is 12.1 Å². The number of amides is 1. The van der Waals surface area contributed by atoms with E-state index in [1.807, 2.05) is 0 Å². The summed E-state index contributed by atoms with van der Waals surface area (Å²) in [6.45, 7) is 0.788. The molecule has 0 aromatic heterocycles. The summed E-state index contributed by atoms with van der Waals surface area (Å²) in [7, 11) is 0. The van der Waals surface area contributed by atoms with E-state index >= 15 is 0 Å². The number of nitrogens with one attached hydrogen (secondary N) is 1. The third-order valence-corrected chi connectivity index (χ3v) is 2.85. The zero-order chi connectivity index (χ0) is 17.1. The van der Waals surface area contributed by atoms with E-state index in [9.17, 15) is 33.0 Å². The van der Waals surface area contributed by atoms with Gasteiger partial charge in [0.15, 0.2) is 0 Å². The standard InChI is InChI=1S/C13H14F3NO5/c1-6(18)17-5-10(19)11(20)8-3-2-7(13(14,15)16)4-9(8)12(21)22/h2-4,10-11,19-20H,5H2,1H3,(H,17,18)(H,21,22). The second-order valence-corrected chi connectivity index (χ2v) is 4.55. The van der Waals surface area contributed by atoms with Crippen molar-refractivity contribution in [1.82, 2.24) is 5.32 Å². The molecule has 0 radical (unpaired) electrons. The predicted octanol–water partition coefficient (Wildman–Crippen LogP) is 0.934. The number of carbonyl (C=O) groups is 2. The number of carboxylic acid groups (broad SMARTS) is 1. The van der Waals surface area contributed by atoms with Gasteiger partial charge in [-0.25, -0.2) is 4.79 Å². The molecule has 22 heavy (non-hydrogen) atoms. The molecule has 0 aliphatic heterocycles. The highest BCUT2D eigenvalue weighted by atomic mass is 19.4. The van der Waals surface area contributed by atoms with Gasteiger partial charge in [0, 0.05) is 13.5 Å². The Morgan fingerprint density at radius 2 is 1.86 bits per heavy atom. The van der Waals surface area contributed by atoms with Crippen molar-refractivity contribution < 1.29 is 38.1 Å². The van der Waals surface area contributed by atoms with Gasteiger partial charge in [0.1, 0.15) is 12.2 Å². The fraction of sp³-hybridized carbons (Fsp3) is 0.385. The van der Waals surface area contributed by atoms with E-state index in [0.717, 1.165) is 6.07 Å². The number of hydrogen-bond donors (Lipinski definition) is 4. The van der Waals surface area contributed by atoms with Crippen molar-refractivity contribution in [2.75, 3.05) is 6.54 Å². The second kappa shape index (κ2) is 6.75. The molecule has 6 nitrogen and oxygen atoms in total. The molecule has 1 aromatic carbocycles. The Morgan fingerprint density at radius 1 is 1.27 bits per heavy atom. The highest BCUT2D eigenvalue weighted by molar-refractivity contribution is 5.90. The first-order chi connectivity index (χ1) is 10.0. The van der Waals surface area contributed by atoms with Crippen LogP contribution in [0, 0.1) is 0 Å². The summed E-state index contributed by atoms with van der Waals surface area (Å²) in [4.78, 5) is 21.8. The van der Waals surface area contributed by atoms with Gasteiger partial charge < -0.3 is 20.6 Å². The fourth-order valence-electron chi connectivity index (χ4n) is 1.74. The molecule has 0 fully saturated rings. The van der Waals surface area contributed by atoms with Crippen LogP contribution in [0.25, 0.3) is 0 Å². The minimum absolute atomic E-state index is 0.377. The maximum atomic E-state index is 12.6. The number of aromatic carboxylic acids is 1. The Hall–Kier alpha value is -2.13. The van der Waals surface area contributed by atoms with Gasteiger partial charge in [-0.3, -0.25) is 4.79 Å². The third-order valence-electron chi connectivity index (χ3n) is 2.85. The van der Waals surface area contributed by atoms with Gasteiger partial charge in [0.05, 0.1) is 11.1 Å². The fourth-order valence-corrected chi connectivity index (χ4v) is 1.74. The molecular formula is C13H14F3NO5. The van der Waals surface area contributed by atoms with Gasteiger partial charge in [-0.15, -0.1) is 0 Å². The molecule has 0 aliphatic carbocycles. The van der Waals surface area contributed by atoms with Crippen LogP contribution in [-0.4, -0.2) is 39.8 Å². The lowest BCUT2D eigenvalue weighted by atomic mass is 9.96. The monoisotopic (exact) mass is 321 g/mol. The summed E-state index contributed by atoms with van der Waals surface area (Å²) < 4.78 is 37.7. The van der Waals surface area contributed by atoms with Crippen LogP contribution >= 0.6 is 0 Å². The molecule has 4 N–H and O–H groups in total. The lowest BCUT2D eigenvalue weighted by Gasteiger charge is -2.20. The third kappa shape index (κ3) is 4.43. The van der Waals surface area contributed by atoms with Crippen LogP contribution in [-0.2, 0) is 11.0 Å². The molecule has 9 heteroatoms. The Bertz CT molecular complexity index is 573. The van der Waals surface area contributed by atoms with Gasteiger partial charge in [-0.05, 0) is 17.7 Å². The van der Waals surface area contributed by atoms with E-state index < -0.39 is 41.4 Å². The molecule has 0 heterocycles. The van der Waals surface area contributed by atoms with Crippen molar-refractivity contribution in [1.29, 1.82) is 0 Å². The maximum absolute atomic E-state index is 12.6. The average molecular weight is 321 g/mol. The lowest BCUT2D eigenvalue weighted by molar-refractivity contribution is -0.137. The van der Waals surface area contributed by atoms with E-state index in [2.05, 4.69) is 5.32 Å². The molecule has 0 aliphatic rings. The number of carbonyl (C=O) groups excluding carboxylic acids is 1. The van der Waals surface area contributed by atoms with E-state index in [1.54, 1.807) is 0 Å². The normalized spacial score (nSPS) is 14.3. The van der Waals surface area contributed by atoms with E-state index in [1.165, 1.54) is 6.92 Å². The topological polar surface area (TPSA) is 107 Å². The first-order valence-electron chi connectivity index (χ1n) is 6.09. The van der Waals surface area contributed by atoms with Crippen LogP contribution in [0.2, 0.25) is 0 Å². The van der Waals surface area contributed by atoms with Crippen LogP contribution in [0.5, 0.6) is 0 Å². The maximum Gasteiger partial charge on any atom is 0.416 e. The molecule has 1 aromatic rings. The minimum Gasteiger partial charge on any atom is -0.478 e. The molecule has 2 atom stereocenters. The predicted molar refractivity (Wildman–Crippen MR) is 68.1 cm³/mol. The number of benzene rings is 1. The highest BCUT2D eigenvalue weighted by Crippen LogP contribution is 2.32. The summed E-state index contributed by atoms with van der Waals surface area (Å²) in [5.74, 6) is -2.16. The summed E-state index contributed by atoms with van der Waals surface area (Å²) in [5, 5.41) is 30.7. The molecule has 0 spiro atoms. The Kier molecular flexibility index (Phi) is 5.50. The van der Waals surface area contributed by atoms with Gasteiger partial charge in [-0.1, -0.05) is 6.07 Å². The molecule has 1 amide bonds. The summed E-state index contributed by atoms with van der Waals surface area (Å²) in [6.07, 6.45) is -8.07. The minimum atomic E-state index is -4.73. The quantitative estimate of drug-likeness (QED) is 0.645.